The third kappa shape index (κ3) is 4.35. The lowest BCUT2D eigenvalue weighted by molar-refractivity contribution is -0.116. The minimum atomic E-state index is -0.361. The topological polar surface area (TPSA) is 96.5 Å². The minimum Gasteiger partial charge on any atom is -0.368 e. The zero-order valence-corrected chi connectivity index (χ0v) is 17.0. The molecule has 9 heteroatoms. The number of rotatable bonds is 5. The minimum absolute atomic E-state index is 0.147. The lowest BCUT2D eigenvalue weighted by Crippen LogP contribution is -2.48. The summed E-state index contributed by atoms with van der Waals surface area (Å²) in [6.07, 6.45) is 0. The number of hydrogen-bond acceptors (Lipinski definition) is 7. The fraction of sp³-hybridized carbons (Fsp3) is 0.333. The van der Waals surface area contributed by atoms with Crippen molar-refractivity contribution in [1.82, 2.24) is 14.7 Å². The Morgan fingerprint density at radius 3 is 2.43 bits per heavy atom. The number of nitrogens with zero attached hydrogens (tertiary/aromatic N) is 5. The predicted molar refractivity (Wildman–Crippen MR) is 114 cm³/mol. The van der Waals surface area contributed by atoms with E-state index in [2.05, 4.69) is 37.4 Å². The fourth-order valence-electron chi connectivity index (χ4n) is 3.55. The second-order valence-electron chi connectivity index (χ2n) is 7.30. The molecule has 1 aromatic carbocycles. The molecule has 2 aromatic heterocycles. The zero-order chi connectivity index (χ0) is 21.1. The van der Waals surface area contributed by atoms with Crippen LogP contribution in [0.4, 0.5) is 17.5 Å². The van der Waals surface area contributed by atoms with E-state index in [4.69, 9.17) is 4.52 Å². The standard InChI is InChI=1S/C21H24N6O3/c1-15-12-20(29)27(14-19(28)23-18-13-16(2)30-24-18)21(22-15)26-10-8-25(9-11-26)17-6-4-3-5-7-17/h3-7,12-13H,8-11,14H2,1-2H3,(H,23,24,28). The number of amides is 1. The number of aryl methyl sites for hydroxylation is 2. The predicted octanol–water partition coefficient (Wildman–Crippen LogP) is 1.81. The quantitative estimate of drug-likeness (QED) is 0.688. The Labute approximate surface area is 173 Å². The Kier molecular flexibility index (Phi) is 5.51. The number of piperazine rings is 1. The molecule has 1 aliphatic heterocycles. The van der Waals surface area contributed by atoms with Gasteiger partial charge < -0.3 is 19.6 Å². The first-order valence-corrected chi connectivity index (χ1v) is 9.86. The van der Waals surface area contributed by atoms with E-state index in [9.17, 15) is 9.59 Å². The Balaban J connectivity index is 1.50. The molecule has 30 heavy (non-hydrogen) atoms. The van der Waals surface area contributed by atoms with Crippen molar-refractivity contribution in [3.63, 3.8) is 0 Å². The molecule has 3 aromatic rings. The van der Waals surface area contributed by atoms with Crippen LogP contribution in [0.3, 0.4) is 0 Å². The van der Waals surface area contributed by atoms with E-state index in [1.54, 1.807) is 19.9 Å². The molecular weight excluding hydrogens is 384 g/mol. The maximum absolute atomic E-state index is 12.7. The molecule has 0 bridgehead atoms. The molecule has 1 N–H and O–H groups in total. The van der Waals surface area contributed by atoms with Gasteiger partial charge in [-0.05, 0) is 26.0 Å². The van der Waals surface area contributed by atoms with Crippen molar-refractivity contribution < 1.29 is 9.32 Å². The van der Waals surface area contributed by atoms with Gasteiger partial charge in [0.05, 0.1) is 0 Å². The van der Waals surface area contributed by atoms with Crippen LogP contribution in [0.2, 0.25) is 0 Å². The third-order valence-electron chi connectivity index (χ3n) is 5.00. The maximum Gasteiger partial charge on any atom is 0.255 e. The van der Waals surface area contributed by atoms with Gasteiger partial charge in [0.15, 0.2) is 5.82 Å². The highest BCUT2D eigenvalue weighted by atomic mass is 16.5. The molecule has 1 saturated heterocycles. The summed E-state index contributed by atoms with van der Waals surface area (Å²) in [6, 6.07) is 13.3. The van der Waals surface area contributed by atoms with Gasteiger partial charge in [-0.2, -0.15) is 0 Å². The summed E-state index contributed by atoms with van der Waals surface area (Å²) < 4.78 is 6.37. The van der Waals surface area contributed by atoms with Gasteiger partial charge >= 0.3 is 0 Å². The van der Waals surface area contributed by atoms with Crippen molar-refractivity contribution in [3.8, 4) is 0 Å². The van der Waals surface area contributed by atoms with Crippen LogP contribution in [0.25, 0.3) is 0 Å². The van der Waals surface area contributed by atoms with Crippen molar-refractivity contribution in [3.05, 3.63) is 64.3 Å². The molecular formula is C21H24N6O3. The molecule has 3 heterocycles. The molecule has 9 nitrogen and oxygen atoms in total. The number of hydrogen-bond donors (Lipinski definition) is 1. The van der Waals surface area contributed by atoms with Crippen molar-refractivity contribution in [1.29, 1.82) is 0 Å². The highest BCUT2D eigenvalue weighted by Gasteiger charge is 2.22. The number of anilines is 3. The molecule has 1 amide bonds. The zero-order valence-electron chi connectivity index (χ0n) is 17.0. The second-order valence-corrected chi connectivity index (χ2v) is 7.30. The van der Waals surface area contributed by atoms with E-state index in [1.807, 2.05) is 18.2 Å². The first-order chi connectivity index (χ1) is 14.5. The van der Waals surface area contributed by atoms with Gasteiger partial charge in [-0.1, -0.05) is 23.4 Å². The maximum atomic E-state index is 12.7. The molecule has 1 fully saturated rings. The monoisotopic (exact) mass is 408 g/mol. The first-order valence-electron chi connectivity index (χ1n) is 9.86. The fourth-order valence-corrected chi connectivity index (χ4v) is 3.55. The summed E-state index contributed by atoms with van der Waals surface area (Å²) in [4.78, 5) is 34.1. The van der Waals surface area contributed by atoms with Crippen LogP contribution >= 0.6 is 0 Å². The molecule has 156 valence electrons. The normalized spacial score (nSPS) is 14.1. The summed E-state index contributed by atoms with van der Waals surface area (Å²) in [7, 11) is 0. The highest BCUT2D eigenvalue weighted by Crippen LogP contribution is 2.19. The van der Waals surface area contributed by atoms with Crippen molar-refractivity contribution >= 4 is 23.4 Å². The molecule has 0 unspecified atom stereocenters. The summed E-state index contributed by atoms with van der Waals surface area (Å²) in [5.41, 5.74) is 1.55. The van der Waals surface area contributed by atoms with Gasteiger partial charge in [0, 0.05) is 49.7 Å². The van der Waals surface area contributed by atoms with Crippen molar-refractivity contribution in [2.75, 3.05) is 41.3 Å². The van der Waals surface area contributed by atoms with Crippen LogP contribution in [0, 0.1) is 13.8 Å². The summed E-state index contributed by atoms with van der Waals surface area (Å²) in [5, 5.41) is 6.41. The molecule has 4 rings (SSSR count). The lowest BCUT2D eigenvalue weighted by Gasteiger charge is -2.37. The Bertz CT molecular complexity index is 1080. The lowest BCUT2D eigenvalue weighted by atomic mass is 10.2. The van der Waals surface area contributed by atoms with E-state index in [0.717, 1.165) is 13.1 Å². The van der Waals surface area contributed by atoms with E-state index in [-0.39, 0.29) is 18.0 Å². The molecule has 0 saturated carbocycles. The number of para-hydroxylation sites is 1. The molecule has 0 atom stereocenters. The molecule has 0 aliphatic carbocycles. The summed E-state index contributed by atoms with van der Waals surface area (Å²) in [6.45, 7) is 6.39. The number of aromatic nitrogens is 3. The number of carbonyl (C=O) groups is 1. The van der Waals surface area contributed by atoms with Crippen LogP contribution in [0.5, 0.6) is 0 Å². The van der Waals surface area contributed by atoms with E-state index in [0.29, 0.717) is 36.3 Å². The first kappa shape index (κ1) is 19.7. The number of nitrogens with one attached hydrogen (secondary N) is 1. The van der Waals surface area contributed by atoms with Gasteiger partial charge in [0.1, 0.15) is 12.3 Å². The van der Waals surface area contributed by atoms with Crippen molar-refractivity contribution in [2.45, 2.75) is 20.4 Å². The van der Waals surface area contributed by atoms with Gasteiger partial charge in [0.2, 0.25) is 11.9 Å². The Hall–Kier alpha value is -3.62. The number of benzene rings is 1. The summed E-state index contributed by atoms with van der Waals surface area (Å²) in [5.74, 6) is 1.07. The molecule has 1 aliphatic rings. The highest BCUT2D eigenvalue weighted by molar-refractivity contribution is 5.89. The number of carbonyl (C=O) groups excluding carboxylic acids is 1. The van der Waals surface area contributed by atoms with Crippen LogP contribution in [0.15, 0.2) is 51.8 Å². The average molecular weight is 408 g/mol. The SMILES string of the molecule is Cc1cc(=O)n(CC(=O)Nc2cc(C)on2)c(N2CCN(c3ccccc3)CC2)n1. The summed E-state index contributed by atoms with van der Waals surface area (Å²) >= 11 is 0. The van der Waals surface area contributed by atoms with Crippen LogP contribution in [-0.4, -0.2) is 46.8 Å². The third-order valence-corrected chi connectivity index (χ3v) is 5.00. The largest absolute Gasteiger partial charge is 0.368 e. The van der Waals surface area contributed by atoms with Gasteiger partial charge in [-0.15, -0.1) is 0 Å². The van der Waals surface area contributed by atoms with Crippen LogP contribution in [0.1, 0.15) is 11.5 Å². The Morgan fingerprint density at radius 1 is 1.07 bits per heavy atom. The Morgan fingerprint density at radius 2 is 1.77 bits per heavy atom. The van der Waals surface area contributed by atoms with Gasteiger partial charge in [0.25, 0.3) is 5.56 Å². The second kappa shape index (κ2) is 8.40. The van der Waals surface area contributed by atoms with Crippen LogP contribution < -0.4 is 20.7 Å². The molecule has 0 radical (unpaired) electrons. The van der Waals surface area contributed by atoms with Gasteiger partial charge in [-0.3, -0.25) is 14.2 Å². The van der Waals surface area contributed by atoms with E-state index < -0.39 is 0 Å². The molecule has 0 spiro atoms. The van der Waals surface area contributed by atoms with E-state index >= 15 is 0 Å². The average Bonchev–Trinajstić information content (AvgIpc) is 3.15. The van der Waals surface area contributed by atoms with E-state index in [1.165, 1.54) is 16.3 Å². The van der Waals surface area contributed by atoms with Gasteiger partial charge in [-0.25, -0.2) is 4.98 Å². The van der Waals surface area contributed by atoms with Crippen LogP contribution in [-0.2, 0) is 11.3 Å². The van der Waals surface area contributed by atoms with Crippen molar-refractivity contribution in [2.24, 2.45) is 0 Å². The smallest absolute Gasteiger partial charge is 0.255 e.